The molecule has 0 bridgehead atoms. The molecule has 5 heteroatoms. The zero-order chi connectivity index (χ0) is 12.8. The van der Waals surface area contributed by atoms with E-state index in [0.29, 0.717) is 12.0 Å². The van der Waals surface area contributed by atoms with E-state index in [1.165, 1.54) is 5.01 Å². The molecule has 0 aliphatic carbocycles. The molecule has 0 saturated carbocycles. The summed E-state index contributed by atoms with van der Waals surface area (Å²) in [4.78, 5) is 6.85. The normalized spacial score (nSPS) is 20.1. The van der Waals surface area contributed by atoms with Gasteiger partial charge in [-0.05, 0) is 25.9 Å². The van der Waals surface area contributed by atoms with Crippen molar-refractivity contribution in [3.05, 3.63) is 16.6 Å². The standard InChI is InChI=1S/C13H24N4S/c1-11(13-16-5-9-18-13)10-15-4-8-17-6-2-12(14)3-7-17/h5,9,11-12,15H,2-4,6-8,10,14H2,1H3. The number of hydrogen-bond donors (Lipinski definition) is 2. The van der Waals surface area contributed by atoms with Crippen LogP contribution in [0.2, 0.25) is 0 Å². The maximum atomic E-state index is 5.90. The second-order valence-corrected chi connectivity index (χ2v) is 6.08. The van der Waals surface area contributed by atoms with E-state index in [-0.39, 0.29) is 0 Å². The lowest BCUT2D eigenvalue weighted by atomic mass is 10.1. The van der Waals surface area contributed by atoms with Gasteiger partial charge in [0.15, 0.2) is 0 Å². The van der Waals surface area contributed by atoms with Crippen molar-refractivity contribution in [1.29, 1.82) is 0 Å². The summed E-state index contributed by atoms with van der Waals surface area (Å²) in [6.07, 6.45) is 4.18. The van der Waals surface area contributed by atoms with Crippen LogP contribution in [-0.2, 0) is 0 Å². The first-order chi connectivity index (χ1) is 8.75. The molecule has 1 aliphatic heterocycles. The smallest absolute Gasteiger partial charge is 0.0965 e. The summed E-state index contributed by atoms with van der Waals surface area (Å²) in [6.45, 7) is 7.75. The van der Waals surface area contributed by atoms with Crippen LogP contribution in [0.4, 0.5) is 0 Å². The summed E-state index contributed by atoms with van der Waals surface area (Å²) in [6, 6.07) is 0.430. The predicted octanol–water partition coefficient (Wildman–Crippen LogP) is 1.26. The van der Waals surface area contributed by atoms with Crippen LogP contribution in [0.3, 0.4) is 0 Å². The van der Waals surface area contributed by atoms with Crippen LogP contribution in [0, 0.1) is 0 Å². The van der Waals surface area contributed by atoms with Crippen LogP contribution in [0.5, 0.6) is 0 Å². The molecule has 18 heavy (non-hydrogen) atoms. The zero-order valence-electron chi connectivity index (χ0n) is 11.1. The highest BCUT2D eigenvalue weighted by Gasteiger charge is 2.15. The predicted molar refractivity (Wildman–Crippen MR) is 77.0 cm³/mol. The second kappa shape index (κ2) is 7.19. The van der Waals surface area contributed by atoms with Gasteiger partial charge in [0.05, 0.1) is 5.01 Å². The zero-order valence-corrected chi connectivity index (χ0v) is 12.0. The molecule has 4 nitrogen and oxygen atoms in total. The molecule has 3 N–H and O–H groups in total. The number of hydrogen-bond acceptors (Lipinski definition) is 5. The van der Waals surface area contributed by atoms with Gasteiger partial charge in [-0.1, -0.05) is 6.92 Å². The third kappa shape index (κ3) is 4.31. The van der Waals surface area contributed by atoms with E-state index >= 15 is 0 Å². The SMILES string of the molecule is CC(CNCCN1CCC(N)CC1)c1nccs1. The van der Waals surface area contributed by atoms with Gasteiger partial charge in [0.2, 0.25) is 0 Å². The van der Waals surface area contributed by atoms with E-state index in [2.05, 4.69) is 22.1 Å². The maximum absolute atomic E-state index is 5.90. The minimum atomic E-state index is 0.430. The Hall–Kier alpha value is -0.490. The number of rotatable bonds is 6. The van der Waals surface area contributed by atoms with Gasteiger partial charge in [0.1, 0.15) is 0 Å². The summed E-state index contributed by atoms with van der Waals surface area (Å²) in [5.74, 6) is 0.514. The van der Waals surface area contributed by atoms with Crippen molar-refractivity contribution in [2.45, 2.75) is 31.7 Å². The molecule has 1 fully saturated rings. The van der Waals surface area contributed by atoms with Crippen LogP contribution in [0.25, 0.3) is 0 Å². The number of nitrogens with zero attached hydrogens (tertiary/aromatic N) is 2. The van der Waals surface area contributed by atoms with Gasteiger partial charge in [0, 0.05) is 43.2 Å². The van der Waals surface area contributed by atoms with E-state index in [1.54, 1.807) is 11.3 Å². The van der Waals surface area contributed by atoms with Crippen molar-refractivity contribution in [3.63, 3.8) is 0 Å². The molecule has 102 valence electrons. The molecule has 1 atom stereocenters. The molecule has 0 aromatic carbocycles. The monoisotopic (exact) mass is 268 g/mol. The molecule has 1 aromatic heterocycles. The Labute approximate surface area is 114 Å². The molecule has 0 spiro atoms. The summed E-state index contributed by atoms with van der Waals surface area (Å²) in [5, 5.41) is 6.80. The molecule has 2 heterocycles. The fourth-order valence-electron chi connectivity index (χ4n) is 2.30. The van der Waals surface area contributed by atoms with Crippen molar-refractivity contribution < 1.29 is 0 Å². The number of thiazole rings is 1. The molecule has 1 unspecified atom stereocenters. The lowest BCUT2D eigenvalue weighted by Crippen LogP contribution is -2.42. The van der Waals surface area contributed by atoms with Gasteiger partial charge >= 0.3 is 0 Å². The molecule has 1 saturated heterocycles. The third-order valence-corrected chi connectivity index (χ3v) is 4.57. The highest BCUT2D eigenvalue weighted by Crippen LogP contribution is 2.16. The molecule has 0 radical (unpaired) electrons. The Bertz CT molecular complexity index is 320. The molecular formula is C13H24N4S. The van der Waals surface area contributed by atoms with Crippen LogP contribution >= 0.6 is 11.3 Å². The van der Waals surface area contributed by atoms with E-state index < -0.39 is 0 Å². The molecule has 1 aromatic rings. The van der Waals surface area contributed by atoms with Gasteiger partial charge in [0.25, 0.3) is 0 Å². The van der Waals surface area contributed by atoms with Crippen molar-refractivity contribution in [3.8, 4) is 0 Å². The van der Waals surface area contributed by atoms with Crippen LogP contribution in [0.1, 0.15) is 30.7 Å². The van der Waals surface area contributed by atoms with Gasteiger partial charge in [-0.15, -0.1) is 11.3 Å². The van der Waals surface area contributed by atoms with Crippen molar-refractivity contribution >= 4 is 11.3 Å². The largest absolute Gasteiger partial charge is 0.328 e. The maximum Gasteiger partial charge on any atom is 0.0965 e. The van der Waals surface area contributed by atoms with E-state index in [4.69, 9.17) is 5.73 Å². The fourth-order valence-corrected chi connectivity index (χ4v) is 3.00. The average Bonchev–Trinajstić information content (AvgIpc) is 2.90. The lowest BCUT2D eigenvalue weighted by molar-refractivity contribution is 0.213. The molecule has 2 rings (SSSR count). The van der Waals surface area contributed by atoms with E-state index in [0.717, 1.165) is 45.6 Å². The van der Waals surface area contributed by atoms with Gasteiger partial charge in [-0.25, -0.2) is 4.98 Å². The molecule has 0 amide bonds. The van der Waals surface area contributed by atoms with Gasteiger partial charge in [-0.3, -0.25) is 0 Å². The quantitative estimate of drug-likeness (QED) is 0.763. The molecular weight excluding hydrogens is 244 g/mol. The van der Waals surface area contributed by atoms with Crippen molar-refractivity contribution in [1.82, 2.24) is 15.2 Å². The first-order valence-electron chi connectivity index (χ1n) is 6.83. The second-order valence-electron chi connectivity index (χ2n) is 5.15. The minimum Gasteiger partial charge on any atom is -0.328 e. The van der Waals surface area contributed by atoms with Gasteiger partial charge in [-0.2, -0.15) is 0 Å². The highest BCUT2D eigenvalue weighted by molar-refractivity contribution is 7.09. The number of nitrogens with two attached hydrogens (primary N) is 1. The highest BCUT2D eigenvalue weighted by atomic mass is 32.1. The van der Waals surface area contributed by atoms with Crippen LogP contribution in [0.15, 0.2) is 11.6 Å². The topological polar surface area (TPSA) is 54.2 Å². The Morgan fingerprint density at radius 3 is 3.00 bits per heavy atom. The first-order valence-corrected chi connectivity index (χ1v) is 7.71. The average molecular weight is 268 g/mol. The number of nitrogens with one attached hydrogen (secondary N) is 1. The Morgan fingerprint density at radius 2 is 2.33 bits per heavy atom. The molecule has 1 aliphatic rings. The van der Waals surface area contributed by atoms with E-state index in [9.17, 15) is 0 Å². The van der Waals surface area contributed by atoms with Crippen molar-refractivity contribution in [2.75, 3.05) is 32.7 Å². The number of likely N-dealkylation sites (tertiary alicyclic amines) is 1. The minimum absolute atomic E-state index is 0.430. The Kier molecular flexibility index (Phi) is 5.56. The summed E-state index contributed by atoms with van der Waals surface area (Å²) < 4.78 is 0. The third-order valence-electron chi connectivity index (χ3n) is 3.56. The first kappa shape index (κ1) is 13.9. The Morgan fingerprint density at radius 1 is 1.56 bits per heavy atom. The van der Waals surface area contributed by atoms with Crippen LogP contribution in [-0.4, -0.2) is 48.6 Å². The van der Waals surface area contributed by atoms with E-state index in [1.807, 2.05) is 11.6 Å². The summed E-state index contributed by atoms with van der Waals surface area (Å²) in [7, 11) is 0. The Balaban J connectivity index is 1.56. The number of aromatic nitrogens is 1. The number of piperidine rings is 1. The van der Waals surface area contributed by atoms with Gasteiger partial charge < -0.3 is 16.0 Å². The fraction of sp³-hybridized carbons (Fsp3) is 0.769. The van der Waals surface area contributed by atoms with Crippen molar-refractivity contribution in [2.24, 2.45) is 5.73 Å². The van der Waals surface area contributed by atoms with Crippen LogP contribution < -0.4 is 11.1 Å². The summed E-state index contributed by atoms with van der Waals surface area (Å²) >= 11 is 1.74. The lowest BCUT2D eigenvalue weighted by Gasteiger charge is -2.30. The summed E-state index contributed by atoms with van der Waals surface area (Å²) in [5.41, 5.74) is 5.90.